The largest absolute Gasteiger partial charge is 0.330 e. The predicted molar refractivity (Wildman–Crippen MR) is 114 cm³/mol. The van der Waals surface area contributed by atoms with Gasteiger partial charge in [-0.15, -0.1) is 0 Å². The number of para-hydroxylation sites is 1. The van der Waals surface area contributed by atoms with Crippen molar-refractivity contribution in [1.29, 1.82) is 0 Å². The molecule has 0 radical (unpaired) electrons. The van der Waals surface area contributed by atoms with Crippen LogP contribution in [0.3, 0.4) is 0 Å². The number of carbonyl (C=O) groups is 3. The van der Waals surface area contributed by atoms with Gasteiger partial charge in [-0.1, -0.05) is 30.3 Å². The molecule has 0 atom stereocenters. The fourth-order valence-corrected chi connectivity index (χ4v) is 4.15. The van der Waals surface area contributed by atoms with Crippen LogP contribution in [-0.4, -0.2) is 64.8 Å². The monoisotopic (exact) mass is 424 g/mol. The highest BCUT2D eigenvalue weighted by Crippen LogP contribution is 2.21. The summed E-state index contributed by atoms with van der Waals surface area (Å²) in [5.74, 6) is -1.44. The Morgan fingerprint density at radius 1 is 0.935 bits per heavy atom. The fraction of sp³-hybridized carbons (Fsp3) is 0.348. The number of hydrogen-bond donors (Lipinski definition) is 1. The van der Waals surface area contributed by atoms with Gasteiger partial charge in [-0.2, -0.15) is 0 Å². The highest BCUT2D eigenvalue weighted by molar-refractivity contribution is 6.35. The average molecular weight is 424 g/mol. The van der Waals surface area contributed by atoms with E-state index in [2.05, 4.69) is 5.32 Å². The maximum atomic E-state index is 13.4. The van der Waals surface area contributed by atoms with Crippen molar-refractivity contribution in [2.75, 3.05) is 31.5 Å². The highest BCUT2D eigenvalue weighted by Gasteiger charge is 2.38. The van der Waals surface area contributed by atoms with Gasteiger partial charge in [-0.05, 0) is 42.7 Å². The second-order valence-electron chi connectivity index (χ2n) is 7.87. The van der Waals surface area contributed by atoms with Crippen LogP contribution >= 0.6 is 0 Å². The first kappa shape index (κ1) is 20.8. The first-order valence-corrected chi connectivity index (χ1v) is 10.5. The van der Waals surface area contributed by atoms with Gasteiger partial charge < -0.3 is 20.0 Å². The van der Waals surface area contributed by atoms with Crippen molar-refractivity contribution < 1.29 is 18.8 Å². The van der Waals surface area contributed by atoms with E-state index >= 15 is 0 Å². The molecule has 2 fully saturated rings. The Kier molecular flexibility index (Phi) is 6.16. The molecule has 0 saturated carbocycles. The molecule has 4 rings (SSSR count). The van der Waals surface area contributed by atoms with Crippen LogP contribution in [0.15, 0.2) is 54.6 Å². The predicted octanol–water partition coefficient (Wildman–Crippen LogP) is 2.69. The van der Waals surface area contributed by atoms with E-state index in [0.717, 1.165) is 5.69 Å². The summed E-state index contributed by atoms with van der Waals surface area (Å²) in [6.07, 6.45) is 1.26. The number of halogens is 1. The van der Waals surface area contributed by atoms with Crippen LogP contribution in [0.4, 0.5) is 14.9 Å². The van der Waals surface area contributed by atoms with Gasteiger partial charge in [-0.25, -0.2) is 9.18 Å². The first-order chi connectivity index (χ1) is 15.0. The molecule has 2 aliphatic heterocycles. The van der Waals surface area contributed by atoms with Gasteiger partial charge in [0.2, 0.25) is 0 Å². The molecule has 2 saturated heterocycles. The SMILES string of the molecule is O=C(Nc1ccccc1)N1CCC(N2CCN(Cc3cccc(F)c3)C(=O)C2=O)CC1. The molecule has 0 unspecified atom stereocenters. The molecule has 0 aliphatic carbocycles. The normalized spacial score (nSPS) is 17.8. The molecule has 0 spiro atoms. The van der Waals surface area contributed by atoms with Crippen molar-refractivity contribution in [2.45, 2.75) is 25.4 Å². The van der Waals surface area contributed by atoms with Crippen LogP contribution in [0.1, 0.15) is 18.4 Å². The number of hydrogen-bond acceptors (Lipinski definition) is 3. The highest BCUT2D eigenvalue weighted by atomic mass is 19.1. The number of rotatable bonds is 4. The zero-order chi connectivity index (χ0) is 21.8. The lowest BCUT2D eigenvalue weighted by Crippen LogP contribution is -2.59. The minimum atomic E-state index is -0.556. The third-order valence-electron chi connectivity index (χ3n) is 5.82. The summed E-state index contributed by atoms with van der Waals surface area (Å²) >= 11 is 0. The molecular formula is C23H25FN4O3. The number of piperidine rings is 1. The molecule has 2 aromatic carbocycles. The maximum Gasteiger partial charge on any atom is 0.321 e. The molecule has 0 aromatic heterocycles. The number of nitrogens with one attached hydrogen (secondary N) is 1. The van der Waals surface area contributed by atoms with E-state index in [1.165, 1.54) is 17.0 Å². The van der Waals surface area contributed by atoms with E-state index in [1.54, 1.807) is 21.9 Å². The number of benzene rings is 2. The van der Waals surface area contributed by atoms with Crippen molar-refractivity contribution in [1.82, 2.24) is 14.7 Å². The van der Waals surface area contributed by atoms with E-state index in [9.17, 15) is 18.8 Å². The van der Waals surface area contributed by atoms with Crippen LogP contribution in [0.2, 0.25) is 0 Å². The molecule has 31 heavy (non-hydrogen) atoms. The second kappa shape index (κ2) is 9.16. The Labute approximate surface area is 180 Å². The second-order valence-corrected chi connectivity index (χ2v) is 7.87. The number of urea groups is 1. The van der Waals surface area contributed by atoms with Crippen LogP contribution in [0, 0.1) is 5.82 Å². The molecule has 1 N–H and O–H groups in total. The van der Waals surface area contributed by atoms with Crippen molar-refractivity contribution in [3.8, 4) is 0 Å². The number of nitrogens with zero attached hydrogens (tertiary/aromatic N) is 3. The topological polar surface area (TPSA) is 73.0 Å². The molecule has 162 valence electrons. The van der Waals surface area contributed by atoms with Gasteiger partial charge in [0, 0.05) is 44.5 Å². The van der Waals surface area contributed by atoms with Crippen LogP contribution in [-0.2, 0) is 16.1 Å². The van der Waals surface area contributed by atoms with Crippen LogP contribution in [0.25, 0.3) is 0 Å². The minimum Gasteiger partial charge on any atom is -0.330 e. The minimum absolute atomic E-state index is 0.0615. The van der Waals surface area contributed by atoms with Gasteiger partial charge in [0.1, 0.15) is 5.82 Å². The third kappa shape index (κ3) is 4.84. The van der Waals surface area contributed by atoms with E-state index in [0.29, 0.717) is 44.6 Å². The number of carbonyl (C=O) groups excluding carboxylic acids is 3. The number of piperazine rings is 1. The van der Waals surface area contributed by atoms with Gasteiger partial charge in [-0.3, -0.25) is 9.59 Å². The summed E-state index contributed by atoms with van der Waals surface area (Å²) in [6.45, 7) is 2.12. The molecule has 0 bridgehead atoms. The Morgan fingerprint density at radius 3 is 2.39 bits per heavy atom. The summed E-state index contributed by atoms with van der Waals surface area (Å²) in [5.41, 5.74) is 1.40. The number of likely N-dealkylation sites (tertiary alicyclic amines) is 1. The van der Waals surface area contributed by atoms with Crippen molar-refractivity contribution in [3.63, 3.8) is 0 Å². The van der Waals surface area contributed by atoms with Gasteiger partial charge in [0.15, 0.2) is 0 Å². The smallest absolute Gasteiger partial charge is 0.321 e. The Hall–Kier alpha value is -3.42. The van der Waals surface area contributed by atoms with Crippen molar-refractivity contribution in [2.24, 2.45) is 0 Å². The lowest BCUT2D eigenvalue weighted by Gasteiger charge is -2.42. The lowest BCUT2D eigenvalue weighted by atomic mass is 10.0. The van der Waals surface area contributed by atoms with Crippen molar-refractivity contribution in [3.05, 3.63) is 66.0 Å². The van der Waals surface area contributed by atoms with Crippen LogP contribution < -0.4 is 5.32 Å². The molecule has 8 heteroatoms. The summed E-state index contributed by atoms with van der Waals surface area (Å²) in [4.78, 5) is 42.6. The zero-order valence-electron chi connectivity index (χ0n) is 17.2. The first-order valence-electron chi connectivity index (χ1n) is 10.5. The average Bonchev–Trinajstić information content (AvgIpc) is 2.78. The standard InChI is InChI=1S/C23H25FN4O3/c24-18-6-4-5-17(15-18)16-27-13-14-28(22(30)21(27)29)20-9-11-26(12-10-20)23(31)25-19-7-2-1-3-8-19/h1-8,15,20H,9-14,16H2,(H,25,31). The van der Waals surface area contributed by atoms with E-state index in [4.69, 9.17) is 0 Å². The van der Waals surface area contributed by atoms with E-state index in [-0.39, 0.29) is 24.4 Å². The Bertz CT molecular complexity index is 960. The van der Waals surface area contributed by atoms with Gasteiger partial charge in [0.05, 0.1) is 0 Å². The molecule has 2 heterocycles. The van der Waals surface area contributed by atoms with Crippen LogP contribution in [0.5, 0.6) is 0 Å². The Balaban J connectivity index is 1.30. The molecule has 4 amide bonds. The number of amides is 4. The zero-order valence-corrected chi connectivity index (χ0v) is 17.2. The quantitative estimate of drug-likeness (QED) is 0.767. The van der Waals surface area contributed by atoms with Crippen molar-refractivity contribution >= 4 is 23.5 Å². The van der Waals surface area contributed by atoms with Gasteiger partial charge in [0.25, 0.3) is 0 Å². The molecule has 2 aromatic rings. The summed E-state index contributed by atoms with van der Waals surface area (Å²) < 4.78 is 13.4. The van der Waals surface area contributed by atoms with E-state index in [1.807, 2.05) is 30.3 Å². The molecule has 2 aliphatic rings. The lowest BCUT2D eigenvalue weighted by molar-refractivity contribution is -0.158. The molecule has 7 nitrogen and oxygen atoms in total. The van der Waals surface area contributed by atoms with Gasteiger partial charge >= 0.3 is 17.8 Å². The molecular weight excluding hydrogens is 399 g/mol. The maximum absolute atomic E-state index is 13.4. The summed E-state index contributed by atoms with van der Waals surface area (Å²) in [7, 11) is 0. The summed E-state index contributed by atoms with van der Waals surface area (Å²) in [5, 5.41) is 2.87. The van der Waals surface area contributed by atoms with E-state index < -0.39 is 11.8 Å². The fourth-order valence-electron chi connectivity index (χ4n) is 4.15. The Morgan fingerprint density at radius 2 is 1.68 bits per heavy atom. The third-order valence-corrected chi connectivity index (χ3v) is 5.82. The summed E-state index contributed by atoms with van der Waals surface area (Å²) in [6, 6.07) is 15.1. The number of anilines is 1.